The van der Waals surface area contributed by atoms with Crippen LogP contribution in [0.4, 0.5) is 0 Å². The number of amides is 1. The van der Waals surface area contributed by atoms with Gasteiger partial charge in [0, 0.05) is 48.5 Å². The summed E-state index contributed by atoms with van der Waals surface area (Å²) in [6.45, 7) is 6.34. The number of aryl methyl sites for hydroxylation is 3. The fraction of sp³-hybridized carbons (Fsp3) is 0.440. The van der Waals surface area contributed by atoms with Gasteiger partial charge in [-0.25, -0.2) is 14.8 Å². The first-order valence-corrected chi connectivity index (χ1v) is 11.6. The maximum Gasteiger partial charge on any atom is 0.348 e. The first kappa shape index (κ1) is 22.8. The fourth-order valence-corrected chi connectivity index (χ4v) is 4.49. The van der Waals surface area contributed by atoms with Gasteiger partial charge in [-0.05, 0) is 63.3 Å². The van der Waals surface area contributed by atoms with E-state index in [-0.39, 0.29) is 24.2 Å². The molecule has 1 atom stereocenters. The van der Waals surface area contributed by atoms with Crippen molar-refractivity contribution in [3.8, 4) is 11.1 Å². The van der Waals surface area contributed by atoms with Crippen molar-refractivity contribution in [2.24, 2.45) is 0 Å². The summed E-state index contributed by atoms with van der Waals surface area (Å²) in [5.41, 5.74) is 3.78. The summed E-state index contributed by atoms with van der Waals surface area (Å²) >= 11 is 0. The average molecular weight is 447 g/mol. The molecule has 1 fully saturated rings. The molecule has 4 heterocycles. The number of hydrogen-bond acceptors (Lipinski definition) is 6. The van der Waals surface area contributed by atoms with E-state index in [9.17, 15) is 9.59 Å². The monoisotopic (exact) mass is 446 g/mol. The van der Waals surface area contributed by atoms with Crippen LogP contribution in [-0.4, -0.2) is 41.9 Å². The maximum absolute atomic E-state index is 13.5. The van der Waals surface area contributed by atoms with Gasteiger partial charge in [-0.1, -0.05) is 6.92 Å². The predicted octanol–water partition coefficient (Wildman–Crippen LogP) is 3.42. The maximum atomic E-state index is 13.5. The van der Waals surface area contributed by atoms with E-state index in [1.807, 2.05) is 36.2 Å². The molecule has 8 nitrogen and oxygen atoms in total. The number of pyridine rings is 1. The Labute approximate surface area is 193 Å². The standard InChI is InChI=1S/C25H30N6O2/c1-4-7-22-27-15-20(19-9-11-26-12-10-19)24(29-22)21-8-5-6-13-30(21)23(32)16-31-18(3)14-17(2)28-25(31)33/h9-12,14-15,21H,4-8,13,16H2,1-3H3. The molecule has 0 spiro atoms. The van der Waals surface area contributed by atoms with Crippen LogP contribution >= 0.6 is 0 Å². The van der Waals surface area contributed by atoms with E-state index in [4.69, 9.17) is 4.98 Å². The van der Waals surface area contributed by atoms with E-state index >= 15 is 0 Å². The normalized spacial score (nSPS) is 16.1. The lowest BCUT2D eigenvalue weighted by molar-refractivity contribution is -0.136. The smallest absolute Gasteiger partial charge is 0.333 e. The van der Waals surface area contributed by atoms with Crippen molar-refractivity contribution < 1.29 is 4.79 Å². The lowest BCUT2D eigenvalue weighted by Gasteiger charge is -2.36. The molecule has 0 aromatic carbocycles. The number of aromatic nitrogens is 5. The quantitative estimate of drug-likeness (QED) is 0.576. The summed E-state index contributed by atoms with van der Waals surface area (Å²) in [4.78, 5) is 45.5. The second kappa shape index (κ2) is 10.0. The van der Waals surface area contributed by atoms with E-state index in [2.05, 4.69) is 21.9 Å². The summed E-state index contributed by atoms with van der Waals surface area (Å²) < 4.78 is 1.45. The van der Waals surface area contributed by atoms with Gasteiger partial charge in [0.2, 0.25) is 5.91 Å². The van der Waals surface area contributed by atoms with Crippen molar-refractivity contribution >= 4 is 5.91 Å². The summed E-state index contributed by atoms with van der Waals surface area (Å²) in [5.74, 6) is 0.699. The number of nitrogens with zero attached hydrogens (tertiary/aromatic N) is 6. The number of piperidine rings is 1. The SMILES string of the molecule is CCCc1ncc(-c2ccncc2)c(C2CCCCN2C(=O)Cn2c(C)cc(C)nc2=O)n1. The number of likely N-dealkylation sites (tertiary alicyclic amines) is 1. The Balaban J connectivity index is 1.72. The summed E-state index contributed by atoms with van der Waals surface area (Å²) in [5, 5.41) is 0. The van der Waals surface area contributed by atoms with Crippen LogP contribution in [0.3, 0.4) is 0 Å². The van der Waals surface area contributed by atoms with Gasteiger partial charge >= 0.3 is 5.69 Å². The highest BCUT2D eigenvalue weighted by atomic mass is 16.2. The van der Waals surface area contributed by atoms with Crippen LogP contribution in [0.5, 0.6) is 0 Å². The van der Waals surface area contributed by atoms with Crippen LogP contribution in [-0.2, 0) is 17.8 Å². The molecule has 33 heavy (non-hydrogen) atoms. The Morgan fingerprint density at radius 3 is 2.67 bits per heavy atom. The zero-order chi connectivity index (χ0) is 23.4. The molecular weight excluding hydrogens is 416 g/mol. The van der Waals surface area contributed by atoms with Crippen LogP contribution < -0.4 is 5.69 Å². The molecule has 8 heteroatoms. The largest absolute Gasteiger partial charge is 0.348 e. The molecule has 3 aromatic rings. The lowest BCUT2D eigenvalue weighted by atomic mass is 9.94. The highest BCUT2D eigenvalue weighted by molar-refractivity contribution is 5.77. The van der Waals surface area contributed by atoms with Crippen LogP contribution in [0.15, 0.2) is 41.6 Å². The summed E-state index contributed by atoms with van der Waals surface area (Å²) in [6, 6.07) is 5.54. The molecule has 1 aliphatic rings. The number of carbonyl (C=O) groups excluding carboxylic acids is 1. The van der Waals surface area contributed by atoms with Crippen molar-refractivity contribution in [1.82, 2.24) is 29.4 Å². The minimum absolute atomic E-state index is 0.0219. The molecule has 1 saturated heterocycles. The van der Waals surface area contributed by atoms with Gasteiger partial charge in [-0.2, -0.15) is 4.98 Å². The minimum atomic E-state index is -0.390. The Morgan fingerprint density at radius 2 is 1.94 bits per heavy atom. The van der Waals surface area contributed by atoms with Gasteiger partial charge in [-0.15, -0.1) is 0 Å². The van der Waals surface area contributed by atoms with Gasteiger partial charge in [0.25, 0.3) is 0 Å². The lowest BCUT2D eigenvalue weighted by Crippen LogP contribution is -2.43. The Bertz CT molecular complexity index is 1190. The molecule has 1 aliphatic heterocycles. The van der Waals surface area contributed by atoms with Crippen molar-refractivity contribution in [3.63, 3.8) is 0 Å². The third-order valence-electron chi connectivity index (χ3n) is 6.11. The highest BCUT2D eigenvalue weighted by Gasteiger charge is 2.31. The van der Waals surface area contributed by atoms with Gasteiger partial charge in [0.15, 0.2) is 0 Å². The summed E-state index contributed by atoms with van der Waals surface area (Å²) in [6.07, 6.45) is 9.88. The first-order chi connectivity index (χ1) is 16.0. The highest BCUT2D eigenvalue weighted by Crippen LogP contribution is 2.35. The third-order valence-corrected chi connectivity index (χ3v) is 6.11. The Morgan fingerprint density at radius 1 is 1.15 bits per heavy atom. The van der Waals surface area contributed by atoms with E-state index in [1.165, 1.54) is 4.57 Å². The average Bonchev–Trinajstić information content (AvgIpc) is 2.82. The van der Waals surface area contributed by atoms with Crippen molar-refractivity contribution in [3.05, 3.63) is 70.2 Å². The Hall–Kier alpha value is -3.42. The molecule has 1 unspecified atom stereocenters. The van der Waals surface area contributed by atoms with Crippen LogP contribution in [0.25, 0.3) is 11.1 Å². The second-order valence-electron chi connectivity index (χ2n) is 8.58. The van der Waals surface area contributed by atoms with Gasteiger partial charge in [-0.3, -0.25) is 14.3 Å². The van der Waals surface area contributed by atoms with Gasteiger partial charge < -0.3 is 4.90 Å². The van der Waals surface area contributed by atoms with E-state index in [0.29, 0.717) is 12.2 Å². The summed E-state index contributed by atoms with van der Waals surface area (Å²) in [7, 11) is 0. The van der Waals surface area contributed by atoms with Crippen molar-refractivity contribution in [2.75, 3.05) is 6.54 Å². The molecule has 0 saturated carbocycles. The van der Waals surface area contributed by atoms with E-state index in [1.54, 1.807) is 19.3 Å². The topological polar surface area (TPSA) is 93.9 Å². The van der Waals surface area contributed by atoms with Crippen molar-refractivity contribution in [1.29, 1.82) is 0 Å². The number of rotatable bonds is 6. The van der Waals surface area contributed by atoms with Crippen LogP contribution in [0.2, 0.25) is 0 Å². The molecule has 4 rings (SSSR count). The Kier molecular flexibility index (Phi) is 6.91. The van der Waals surface area contributed by atoms with Gasteiger partial charge in [0.05, 0.1) is 11.7 Å². The fourth-order valence-electron chi connectivity index (χ4n) is 4.49. The first-order valence-electron chi connectivity index (χ1n) is 11.6. The number of carbonyl (C=O) groups is 1. The molecule has 0 aliphatic carbocycles. The molecule has 3 aromatic heterocycles. The third kappa shape index (κ3) is 4.99. The molecular formula is C25H30N6O2. The molecule has 1 amide bonds. The zero-order valence-electron chi connectivity index (χ0n) is 19.5. The second-order valence-corrected chi connectivity index (χ2v) is 8.58. The van der Waals surface area contributed by atoms with E-state index in [0.717, 1.165) is 60.4 Å². The van der Waals surface area contributed by atoms with Crippen LogP contribution in [0.1, 0.15) is 61.6 Å². The molecule has 0 radical (unpaired) electrons. The van der Waals surface area contributed by atoms with Crippen LogP contribution in [0, 0.1) is 13.8 Å². The van der Waals surface area contributed by atoms with Crippen molar-refractivity contribution in [2.45, 2.75) is 65.5 Å². The molecule has 0 bridgehead atoms. The molecule has 0 N–H and O–H groups in total. The molecule has 172 valence electrons. The zero-order valence-corrected chi connectivity index (χ0v) is 19.5. The van der Waals surface area contributed by atoms with E-state index < -0.39 is 0 Å². The number of hydrogen-bond donors (Lipinski definition) is 0. The predicted molar refractivity (Wildman–Crippen MR) is 126 cm³/mol. The van der Waals surface area contributed by atoms with Gasteiger partial charge in [0.1, 0.15) is 12.4 Å². The minimum Gasteiger partial charge on any atom is -0.333 e.